The Morgan fingerprint density at radius 1 is 0.929 bits per heavy atom. The Bertz CT molecular complexity index is 832. The Hall–Kier alpha value is -3.22. The van der Waals surface area contributed by atoms with E-state index in [1.807, 2.05) is 32.0 Å². The smallest absolute Gasteiger partial charge is 0.339 e. The fraction of sp³-hybridized carbons (Fsp3) is 0.333. The first kappa shape index (κ1) is 21.1. The number of aryl methyl sites for hydroxylation is 2. The summed E-state index contributed by atoms with van der Waals surface area (Å²) in [5.41, 5.74) is 2.75. The largest absolute Gasteiger partial charge is 0.493 e. The fourth-order valence-electron chi connectivity index (χ4n) is 2.72. The topological polar surface area (TPSA) is 83.1 Å². The van der Waals surface area contributed by atoms with Crippen LogP contribution < -0.4 is 19.5 Å². The second kappa shape index (κ2) is 9.12. The lowest BCUT2D eigenvalue weighted by molar-refractivity contribution is -0.123. The van der Waals surface area contributed by atoms with E-state index >= 15 is 0 Å². The Labute approximate surface area is 164 Å². The first-order valence-corrected chi connectivity index (χ1v) is 8.70. The third kappa shape index (κ3) is 4.54. The lowest BCUT2D eigenvalue weighted by Crippen LogP contribution is -2.30. The van der Waals surface area contributed by atoms with Crippen molar-refractivity contribution in [3.05, 3.63) is 47.0 Å². The van der Waals surface area contributed by atoms with Gasteiger partial charge in [-0.1, -0.05) is 18.2 Å². The normalized spacial score (nSPS) is 11.4. The van der Waals surface area contributed by atoms with Gasteiger partial charge in [-0.15, -0.1) is 0 Å². The van der Waals surface area contributed by atoms with E-state index in [9.17, 15) is 9.59 Å². The molecular formula is C21H25NO6. The van der Waals surface area contributed by atoms with Crippen molar-refractivity contribution in [2.24, 2.45) is 0 Å². The first-order chi connectivity index (χ1) is 13.3. The van der Waals surface area contributed by atoms with Crippen molar-refractivity contribution in [2.45, 2.75) is 26.9 Å². The Morgan fingerprint density at radius 3 is 1.93 bits per heavy atom. The minimum Gasteiger partial charge on any atom is -0.493 e. The van der Waals surface area contributed by atoms with Crippen LogP contribution in [0, 0.1) is 13.8 Å². The molecule has 0 aliphatic carbocycles. The van der Waals surface area contributed by atoms with Gasteiger partial charge < -0.3 is 24.3 Å². The van der Waals surface area contributed by atoms with Gasteiger partial charge in [0.2, 0.25) is 5.75 Å². The number of carbonyl (C=O) groups is 2. The molecule has 2 aromatic rings. The van der Waals surface area contributed by atoms with Crippen LogP contribution in [0.25, 0.3) is 0 Å². The molecule has 2 aromatic carbocycles. The molecule has 0 heterocycles. The summed E-state index contributed by atoms with van der Waals surface area (Å²) < 4.78 is 21.0. The predicted molar refractivity (Wildman–Crippen MR) is 106 cm³/mol. The van der Waals surface area contributed by atoms with Crippen LogP contribution in [0.2, 0.25) is 0 Å². The molecule has 1 N–H and O–H groups in total. The van der Waals surface area contributed by atoms with Crippen LogP contribution in [0.4, 0.5) is 5.69 Å². The van der Waals surface area contributed by atoms with Crippen LogP contribution in [-0.2, 0) is 9.53 Å². The number of hydrogen-bond donors (Lipinski definition) is 1. The summed E-state index contributed by atoms with van der Waals surface area (Å²) in [6, 6.07) is 8.65. The van der Waals surface area contributed by atoms with Crippen LogP contribution in [0.1, 0.15) is 28.4 Å². The number of rotatable bonds is 7. The van der Waals surface area contributed by atoms with Crippen molar-refractivity contribution < 1.29 is 28.5 Å². The average Bonchev–Trinajstić information content (AvgIpc) is 2.69. The molecule has 7 nitrogen and oxygen atoms in total. The van der Waals surface area contributed by atoms with Gasteiger partial charge in [-0.2, -0.15) is 0 Å². The van der Waals surface area contributed by atoms with Crippen LogP contribution in [0.5, 0.6) is 17.2 Å². The van der Waals surface area contributed by atoms with Crippen molar-refractivity contribution in [3.8, 4) is 17.2 Å². The fourth-order valence-corrected chi connectivity index (χ4v) is 2.72. The van der Waals surface area contributed by atoms with Crippen molar-refractivity contribution in [3.63, 3.8) is 0 Å². The van der Waals surface area contributed by atoms with Gasteiger partial charge in [0.15, 0.2) is 17.6 Å². The maximum Gasteiger partial charge on any atom is 0.339 e. The molecule has 2 rings (SSSR count). The molecule has 28 heavy (non-hydrogen) atoms. The number of hydrogen-bond acceptors (Lipinski definition) is 6. The van der Waals surface area contributed by atoms with Gasteiger partial charge in [-0.3, -0.25) is 4.79 Å². The van der Waals surface area contributed by atoms with E-state index in [4.69, 9.17) is 18.9 Å². The van der Waals surface area contributed by atoms with Crippen LogP contribution >= 0.6 is 0 Å². The van der Waals surface area contributed by atoms with E-state index in [-0.39, 0.29) is 5.56 Å². The molecule has 0 aliphatic rings. The van der Waals surface area contributed by atoms with Crippen LogP contribution in [0.3, 0.4) is 0 Å². The molecule has 0 saturated carbocycles. The van der Waals surface area contributed by atoms with E-state index < -0.39 is 18.0 Å². The SMILES string of the molecule is COc1cc(C(=O)OC(C)C(=O)Nc2c(C)cccc2C)cc(OC)c1OC. The monoisotopic (exact) mass is 387 g/mol. The summed E-state index contributed by atoms with van der Waals surface area (Å²) in [6.45, 7) is 5.31. The average molecular weight is 387 g/mol. The number of ether oxygens (including phenoxy) is 4. The number of nitrogens with one attached hydrogen (secondary N) is 1. The number of carbonyl (C=O) groups excluding carboxylic acids is 2. The van der Waals surface area contributed by atoms with E-state index in [1.165, 1.54) is 40.4 Å². The van der Waals surface area contributed by atoms with E-state index in [0.717, 1.165) is 11.1 Å². The summed E-state index contributed by atoms with van der Waals surface area (Å²) in [7, 11) is 4.37. The maximum absolute atomic E-state index is 12.5. The number of benzene rings is 2. The highest BCUT2D eigenvalue weighted by atomic mass is 16.5. The Balaban J connectivity index is 2.16. The Kier molecular flexibility index (Phi) is 6.87. The molecule has 0 aromatic heterocycles. The summed E-state index contributed by atoms with van der Waals surface area (Å²) in [4.78, 5) is 25.0. The number of amides is 1. The predicted octanol–water partition coefficient (Wildman–Crippen LogP) is 3.51. The van der Waals surface area contributed by atoms with E-state index in [1.54, 1.807) is 0 Å². The second-order valence-corrected chi connectivity index (χ2v) is 6.22. The minimum absolute atomic E-state index is 0.182. The van der Waals surface area contributed by atoms with Crippen LogP contribution in [-0.4, -0.2) is 39.3 Å². The van der Waals surface area contributed by atoms with E-state index in [0.29, 0.717) is 22.9 Å². The molecule has 1 unspecified atom stereocenters. The molecular weight excluding hydrogens is 362 g/mol. The maximum atomic E-state index is 12.5. The van der Waals surface area contributed by atoms with Crippen molar-refractivity contribution in [2.75, 3.05) is 26.6 Å². The molecule has 0 bridgehead atoms. The van der Waals surface area contributed by atoms with Gasteiger partial charge in [-0.25, -0.2) is 4.79 Å². The highest BCUT2D eigenvalue weighted by Crippen LogP contribution is 2.38. The molecule has 0 saturated heterocycles. The molecule has 0 radical (unpaired) electrons. The molecule has 7 heteroatoms. The molecule has 0 aliphatic heterocycles. The second-order valence-electron chi connectivity index (χ2n) is 6.22. The first-order valence-electron chi connectivity index (χ1n) is 8.70. The molecule has 1 atom stereocenters. The third-order valence-electron chi connectivity index (χ3n) is 4.28. The summed E-state index contributed by atoms with van der Waals surface area (Å²) >= 11 is 0. The van der Waals surface area contributed by atoms with E-state index in [2.05, 4.69) is 5.32 Å². The minimum atomic E-state index is -0.995. The number of esters is 1. The standard InChI is InChI=1S/C21H25NO6/c1-12-8-7-9-13(2)18(12)22-20(23)14(3)28-21(24)15-10-16(25-4)19(27-6)17(11-15)26-5/h7-11,14H,1-6H3,(H,22,23). The lowest BCUT2D eigenvalue weighted by atomic mass is 10.1. The molecule has 0 spiro atoms. The Morgan fingerprint density at radius 2 is 1.46 bits per heavy atom. The third-order valence-corrected chi connectivity index (χ3v) is 4.28. The lowest BCUT2D eigenvalue weighted by Gasteiger charge is -2.17. The highest BCUT2D eigenvalue weighted by molar-refractivity contribution is 5.98. The van der Waals surface area contributed by atoms with Crippen LogP contribution in [0.15, 0.2) is 30.3 Å². The summed E-state index contributed by atoms with van der Waals surface area (Å²) in [5.74, 6) is -0.0909. The molecule has 150 valence electrons. The zero-order valence-electron chi connectivity index (χ0n) is 16.9. The van der Waals surface area contributed by atoms with Crippen molar-refractivity contribution in [1.82, 2.24) is 0 Å². The molecule has 0 fully saturated rings. The molecule has 1 amide bonds. The van der Waals surface area contributed by atoms with Gasteiger partial charge in [0.1, 0.15) is 0 Å². The summed E-state index contributed by atoms with van der Waals surface area (Å²) in [6.07, 6.45) is -0.995. The number of anilines is 1. The van der Waals surface area contributed by atoms with Crippen molar-refractivity contribution in [1.29, 1.82) is 0 Å². The quantitative estimate of drug-likeness (QED) is 0.732. The summed E-state index contributed by atoms with van der Waals surface area (Å²) in [5, 5.41) is 2.81. The zero-order valence-corrected chi connectivity index (χ0v) is 16.9. The number of methoxy groups -OCH3 is 3. The zero-order chi connectivity index (χ0) is 20.8. The van der Waals surface area contributed by atoms with Crippen molar-refractivity contribution >= 4 is 17.6 Å². The van der Waals surface area contributed by atoms with Gasteiger partial charge >= 0.3 is 5.97 Å². The number of para-hydroxylation sites is 1. The van der Waals surface area contributed by atoms with Gasteiger partial charge in [0.05, 0.1) is 26.9 Å². The van der Waals surface area contributed by atoms with Gasteiger partial charge in [0.25, 0.3) is 5.91 Å². The van der Waals surface area contributed by atoms with Gasteiger partial charge in [0, 0.05) is 5.69 Å². The van der Waals surface area contributed by atoms with Gasteiger partial charge in [-0.05, 0) is 44.0 Å². The highest BCUT2D eigenvalue weighted by Gasteiger charge is 2.23.